The molecule has 0 N–H and O–H groups in total. The van der Waals surface area contributed by atoms with Crippen LogP contribution >= 0.6 is 11.3 Å². The molecular formula is C27H27FN2O4S. The number of amides is 2. The van der Waals surface area contributed by atoms with Gasteiger partial charge >= 0.3 is 0 Å². The van der Waals surface area contributed by atoms with Crippen molar-refractivity contribution >= 4 is 28.9 Å². The molecule has 182 valence electrons. The molecule has 1 saturated heterocycles. The molecule has 2 heterocycles. The number of halogens is 1. The first kappa shape index (κ1) is 24.8. The second-order valence-corrected chi connectivity index (χ2v) is 9.63. The third kappa shape index (κ3) is 6.61. The van der Waals surface area contributed by atoms with E-state index in [1.165, 1.54) is 24.0 Å². The Morgan fingerprint density at radius 3 is 2.46 bits per heavy atom. The van der Waals surface area contributed by atoms with Gasteiger partial charge in [0.15, 0.2) is 5.78 Å². The Hall–Kier alpha value is -3.36. The van der Waals surface area contributed by atoms with Crippen molar-refractivity contribution in [3.8, 4) is 0 Å². The fraction of sp³-hybridized carbons (Fsp3) is 0.296. The van der Waals surface area contributed by atoms with Crippen molar-refractivity contribution < 1.29 is 23.5 Å². The van der Waals surface area contributed by atoms with Crippen molar-refractivity contribution in [1.82, 2.24) is 9.80 Å². The Morgan fingerprint density at radius 1 is 1.00 bits per heavy atom. The van der Waals surface area contributed by atoms with Gasteiger partial charge in [0, 0.05) is 19.6 Å². The zero-order chi connectivity index (χ0) is 24.8. The van der Waals surface area contributed by atoms with Crippen LogP contribution in [0, 0.1) is 5.82 Å². The number of hydrogen-bond donors (Lipinski definition) is 0. The van der Waals surface area contributed by atoms with Gasteiger partial charge in [-0.25, -0.2) is 4.39 Å². The summed E-state index contributed by atoms with van der Waals surface area (Å²) in [6.07, 6.45) is 0.237. The largest absolute Gasteiger partial charge is 0.370 e. The summed E-state index contributed by atoms with van der Waals surface area (Å²) in [5, 5.41) is 0. The molecule has 6 nitrogen and oxygen atoms in total. The molecule has 35 heavy (non-hydrogen) atoms. The van der Waals surface area contributed by atoms with Crippen LogP contribution in [-0.2, 0) is 22.6 Å². The van der Waals surface area contributed by atoms with Gasteiger partial charge in [-0.05, 0) is 48.7 Å². The Balaban J connectivity index is 1.50. The maximum Gasteiger partial charge on any atom is 0.264 e. The Labute approximate surface area is 207 Å². The first-order valence-electron chi connectivity index (χ1n) is 11.5. The van der Waals surface area contributed by atoms with Gasteiger partial charge in [-0.3, -0.25) is 14.4 Å². The lowest BCUT2D eigenvalue weighted by molar-refractivity contribution is -0.131. The van der Waals surface area contributed by atoms with Gasteiger partial charge < -0.3 is 14.5 Å². The van der Waals surface area contributed by atoms with Crippen LogP contribution in [0.15, 0.2) is 66.7 Å². The summed E-state index contributed by atoms with van der Waals surface area (Å²) >= 11 is 1.12. The molecule has 4 rings (SSSR count). The van der Waals surface area contributed by atoms with Crippen LogP contribution in [0.3, 0.4) is 0 Å². The normalized spacial score (nSPS) is 16.3. The molecule has 0 aliphatic carbocycles. The number of Topliss-reactive ketones (excluding diaryl/α,β-unsaturated/α-hetero) is 1. The quantitative estimate of drug-likeness (QED) is 0.440. The first-order chi connectivity index (χ1) is 16.9. The maximum atomic E-state index is 13.6. The fourth-order valence-corrected chi connectivity index (χ4v) is 4.87. The number of carbonyl (C=O) groups is 3. The molecule has 2 amide bonds. The van der Waals surface area contributed by atoms with E-state index < -0.39 is 6.10 Å². The minimum Gasteiger partial charge on any atom is -0.370 e. The number of benzene rings is 2. The van der Waals surface area contributed by atoms with E-state index in [9.17, 15) is 18.8 Å². The highest BCUT2D eigenvalue weighted by atomic mass is 32.1. The summed E-state index contributed by atoms with van der Waals surface area (Å²) in [6.45, 7) is 2.59. The number of carbonyl (C=O) groups excluding carboxylic acids is 3. The average molecular weight is 495 g/mol. The Kier molecular flexibility index (Phi) is 8.05. The first-order valence-corrected chi connectivity index (χ1v) is 12.3. The van der Waals surface area contributed by atoms with Crippen LogP contribution < -0.4 is 0 Å². The highest BCUT2D eigenvalue weighted by molar-refractivity contribution is 7.15. The van der Waals surface area contributed by atoms with Crippen molar-refractivity contribution in [1.29, 1.82) is 0 Å². The summed E-state index contributed by atoms with van der Waals surface area (Å²) in [5.41, 5.74) is 1.80. The van der Waals surface area contributed by atoms with Gasteiger partial charge in [-0.15, -0.1) is 11.3 Å². The topological polar surface area (TPSA) is 66.9 Å². The smallest absolute Gasteiger partial charge is 0.264 e. The molecule has 0 radical (unpaired) electrons. The summed E-state index contributed by atoms with van der Waals surface area (Å²) in [6, 6.07) is 19.3. The molecule has 1 atom stereocenters. The molecule has 1 unspecified atom stereocenters. The number of thiophene rings is 1. The zero-order valence-corrected chi connectivity index (χ0v) is 20.3. The lowest BCUT2D eigenvalue weighted by Crippen LogP contribution is -2.39. The highest BCUT2D eigenvalue weighted by Crippen LogP contribution is 2.21. The van der Waals surface area contributed by atoms with Crippen LogP contribution in [0.5, 0.6) is 0 Å². The van der Waals surface area contributed by atoms with E-state index in [-0.39, 0.29) is 43.1 Å². The molecule has 2 aromatic carbocycles. The Bertz CT molecular complexity index is 1200. The summed E-state index contributed by atoms with van der Waals surface area (Å²) in [5.74, 6) is -0.915. The molecular weight excluding hydrogens is 467 g/mol. The Morgan fingerprint density at radius 2 is 1.74 bits per heavy atom. The molecule has 3 aromatic rings. The lowest BCUT2D eigenvalue weighted by atomic mass is 10.1. The van der Waals surface area contributed by atoms with Gasteiger partial charge in [-0.1, -0.05) is 42.5 Å². The molecule has 1 aliphatic heterocycles. The van der Waals surface area contributed by atoms with E-state index in [4.69, 9.17) is 4.74 Å². The van der Waals surface area contributed by atoms with E-state index in [0.29, 0.717) is 34.8 Å². The number of nitrogens with zero attached hydrogens (tertiary/aromatic N) is 2. The number of rotatable bonds is 8. The number of hydrogen-bond acceptors (Lipinski definition) is 5. The highest BCUT2D eigenvalue weighted by Gasteiger charge is 2.32. The zero-order valence-electron chi connectivity index (χ0n) is 19.5. The molecule has 0 spiro atoms. The van der Waals surface area contributed by atoms with Crippen LogP contribution in [-0.4, -0.2) is 59.7 Å². The SMILES string of the molecule is CC(=O)c1ccc(C(=O)N2CC(=O)N(CCc3ccccc3)CC(OCc3cccc(F)c3)C2)s1. The predicted octanol–water partition coefficient (Wildman–Crippen LogP) is 4.20. The van der Waals surface area contributed by atoms with Gasteiger partial charge in [0.05, 0.1) is 22.5 Å². The van der Waals surface area contributed by atoms with E-state index >= 15 is 0 Å². The molecule has 1 fully saturated rings. The van der Waals surface area contributed by atoms with Crippen LogP contribution in [0.2, 0.25) is 0 Å². The van der Waals surface area contributed by atoms with Crippen LogP contribution in [0.4, 0.5) is 4.39 Å². The van der Waals surface area contributed by atoms with Gasteiger partial charge in [-0.2, -0.15) is 0 Å². The van der Waals surface area contributed by atoms with E-state index in [1.807, 2.05) is 30.3 Å². The second kappa shape index (κ2) is 11.4. The van der Waals surface area contributed by atoms with Crippen LogP contribution in [0.25, 0.3) is 0 Å². The van der Waals surface area contributed by atoms with Crippen molar-refractivity contribution in [2.75, 3.05) is 26.2 Å². The molecule has 0 saturated carbocycles. The molecule has 0 bridgehead atoms. The summed E-state index contributed by atoms with van der Waals surface area (Å²) in [7, 11) is 0. The third-order valence-electron chi connectivity index (χ3n) is 5.87. The molecule has 1 aliphatic rings. The lowest BCUT2D eigenvalue weighted by Gasteiger charge is -2.25. The summed E-state index contributed by atoms with van der Waals surface area (Å²) in [4.78, 5) is 42.2. The van der Waals surface area contributed by atoms with Crippen molar-refractivity contribution in [3.63, 3.8) is 0 Å². The second-order valence-electron chi connectivity index (χ2n) is 8.54. The third-order valence-corrected chi connectivity index (χ3v) is 7.04. The fourth-order valence-electron chi connectivity index (χ4n) is 4.00. The maximum absolute atomic E-state index is 13.6. The average Bonchev–Trinajstić information content (AvgIpc) is 3.29. The van der Waals surface area contributed by atoms with Crippen molar-refractivity contribution in [2.24, 2.45) is 0 Å². The van der Waals surface area contributed by atoms with Crippen molar-refractivity contribution in [2.45, 2.75) is 26.1 Å². The van der Waals surface area contributed by atoms with E-state index in [0.717, 1.165) is 16.9 Å². The minimum atomic E-state index is -0.448. The monoisotopic (exact) mass is 494 g/mol. The standard InChI is InChI=1S/C27H27FN2O4S/c1-19(31)24-10-11-25(35-24)27(33)30-16-23(34-18-21-8-5-9-22(28)14-21)15-29(26(32)17-30)13-12-20-6-3-2-4-7-20/h2-11,14,23H,12-13,15-18H2,1H3. The minimum absolute atomic E-state index is 0.0687. The predicted molar refractivity (Wildman–Crippen MR) is 132 cm³/mol. The van der Waals surface area contributed by atoms with Gasteiger partial charge in [0.25, 0.3) is 5.91 Å². The van der Waals surface area contributed by atoms with E-state index in [1.54, 1.807) is 29.2 Å². The number of ketones is 1. The molecule has 1 aromatic heterocycles. The van der Waals surface area contributed by atoms with Gasteiger partial charge in [0.2, 0.25) is 5.91 Å². The molecule has 8 heteroatoms. The van der Waals surface area contributed by atoms with Gasteiger partial charge in [0.1, 0.15) is 12.4 Å². The summed E-state index contributed by atoms with van der Waals surface area (Å²) < 4.78 is 19.7. The van der Waals surface area contributed by atoms with Crippen LogP contribution in [0.1, 0.15) is 37.4 Å². The number of ether oxygens (including phenoxy) is 1. The van der Waals surface area contributed by atoms with E-state index in [2.05, 4.69) is 0 Å². The van der Waals surface area contributed by atoms with Crippen molar-refractivity contribution in [3.05, 3.63) is 93.4 Å².